The summed E-state index contributed by atoms with van der Waals surface area (Å²) in [6.45, 7) is 3.81. The quantitative estimate of drug-likeness (QED) is 0.513. The van der Waals surface area contributed by atoms with Crippen LogP contribution in [0.3, 0.4) is 0 Å². The molecule has 0 radical (unpaired) electrons. The second kappa shape index (κ2) is 5.36. The Bertz CT molecular complexity index is 833. The summed E-state index contributed by atoms with van der Waals surface area (Å²) in [5.41, 5.74) is 0.400. The minimum Gasteiger partial charge on any atom is -0.298 e. The van der Waals surface area contributed by atoms with Crippen LogP contribution in [0.4, 0.5) is 0 Å². The van der Waals surface area contributed by atoms with E-state index in [9.17, 15) is 22.6 Å². The lowest BCUT2D eigenvalue weighted by Gasteiger charge is -2.34. The van der Waals surface area contributed by atoms with Gasteiger partial charge in [-0.2, -0.15) is 8.42 Å². The minimum absolute atomic E-state index is 0.0301. The van der Waals surface area contributed by atoms with Crippen molar-refractivity contribution in [2.24, 2.45) is 16.7 Å². The zero-order valence-corrected chi connectivity index (χ0v) is 14.5. The lowest BCUT2D eigenvalue weighted by Crippen LogP contribution is -2.42. The molecule has 1 aromatic carbocycles. The van der Waals surface area contributed by atoms with Crippen molar-refractivity contribution in [3.63, 3.8) is 0 Å². The van der Waals surface area contributed by atoms with Gasteiger partial charge in [-0.1, -0.05) is 38.1 Å². The van der Waals surface area contributed by atoms with Gasteiger partial charge in [0.2, 0.25) is 0 Å². The van der Waals surface area contributed by atoms with Gasteiger partial charge in [0.1, 0.15) is 6.29 Å². The summed E-state index contributed by atoms with van der Waals surface area (Å²) in [4.78, 5) is 23.7. The molecule has 128 valence electrons. The van der Waals surface area contributed by atoms with Gasteiger partial charge in [0.25, 0.3) is 10.1 Å². The summed E-state index contributed by atoms with van der Waals surface area (Å²) in [6.07, 6.45) is 3.75. The third-order valence-corrected chi connectivity index (χ3v) is 6.72. The summed E-state index contributed by atoms with van der Waals surface area (Å²) >= 11 is 0. The molecule has 0 heterocycles. The molecule has 2 saturated carbocycles. The monoisotopic (exact) mass is 348 g/mol. The van der Waals surface area contributed by atoms with E-state index in [0.29, 0.717) is 17.6 Å². The van der Waals surface area contributed by atoms with Crippen LogP contribution in [-0.2, 0) is 14.9 Å². The summed E-state index contributed by atoms with van der Waals surface area (Å²) < 4.78 is 32.3. The first-order valence-corrected chi connectivity index (χ1v) is 9.48. The van der Waals surface area contributed by atoms with Gasteiger partial charge in [-0.3, -0.25) is 14.1 Å². The van der Waals surface area contributed by atoms with E-state index in [1.807, 2.05) is 13.8 Å². The zero-order valence-electron chi connectivity index (χ0n) is 13.7. The lowest BCUT2D eigenvalue weighted by molar-refractivity contribution is -0.125. The first-order valence-electron chi connectivity index (χ1n) is 7.87. The van der Waals surface area contributed by atoms with Gasteiger partial charge in [-0.25, -0.2) is 0 Å². The second-order valence-electron chi connectivity index (χ2n) is 7.33. The van der Waals surface area contributed by atoms with Crippen molar-refractivity contribution in [1.82, 2.24) is 0 Å². The molecule has 24 heavy (non-hydrogen) atoms. The number of benzene rings is 1. The number of allylic oxidation sites excluding steroid dienone is 1. The Morgan fingerprint density at radius 2 is 1.79 bits per heavy atom. The SMILES string of the molecule is CC1(C)C2CCC1(CS(=O)(=O)O)C(=O)/C2=C/c1ccc(C=O)cc1. The Morgan fingerprint density at radius 1 is 1.21 bits per heavy atom. The first kappa shape index (κ1) is 17.0. The molecule has 0 aromatic heterocycles. The number of carbonyl (C=O) groups is 2. The smallest absolute Gasteiger partial charge is 0.265 e. The Balaban J connectivity index is 2.04. The van der Waals surface area contributed by atoms with Crippen LogP contribution in [0.2, 0.25) is 0 Å². The summed E-state index contributed by atoms with van der Waals surface area (Å²) in [5.74, 6) is -0.734. The predicted molar refractivity (Wildman–Crippen MR) is 90.2 cm³/mol. The highest BCUT2D eigenvalue weighted by atomic mass is 32.2. The van der Waals surface area contributed by atoms with E-state index in [2.05, 4.69) is 0 Å². The lowest BCUT2D eigenvalue weighted by atomic mass is 9.70. The largest absolute Gasteiger partial charge is 0.298 e. The van der Waals surface area contributed by atoms with E-state index in [1.54, 1.807) is 30.3 Å². The van der Waals surface area contributed by atoms with E-state index in [1.165, 1.54) is 0 Å². The molecular formula is C18H20O5S. The maximum absolute atomic E-state index is 13.0. The molecule has 5 nitrogen and oxygen atoms in total. The fourth-order valence-electron chi connectivity index (χ4n) is 4.44. The number of hydrogen-bond donors (Lipinski definition) is 1. The molecule has 2 atom stereocenters. The molecule has 0 amide bonds. The van der Waals surface area contributed by atoms with E-state index in [0.717, 1.165) is 18.3 Å². The topological polar surface area (TPSA) is 88.5 Å². The maximum atomic E-state index is 13.0. The van der Waals surface area contributed by atoms with Crippen molar-refractivity contribution in [3.8, 4) is 0 Å². The van der Waals surface area contributed by atoms with Gasteiger partial charge in [0.15, 0.2) is 5.78 Å². The summed E-state index contributed by atoms with van der Waals surface area (Å²) in [5, 5.41) is 0. The van der Waals surface area contributed by atoms with Crippen LogP contribution in [0.1, 0.15) is 42.6 Å². The third-order valence-electron chi connectivity index (χ3n) is 5.86. The molecule has 2 bridgehead atoms. The summed E-state index contributed by atoms with van der Waals surface area (Å²) in [7, 11) is -4.25. The number of fused-ring (bicyclic) bond motifs is 2. The minimum atomic E-state index is -4.25. The Hall–Kier alpha value is -1.79. The van der Waals surface area contributed by atoms with Gasteiger partial charge in [0.05, 0.1) is 11.2 Å². The normalized spacial score (nSPS) is 30.0. The second-order valence-corrected chi connectivity index (χ2v) is 8.79. The van der Waals surface area contributed by atoms with E-state index in [-0.39, 0.29) is 11.7 Å². The van der Waals surface area contributed by atoms with Gasteiger partial charge in [-0.15, -0.1) is 0 Å². The maximum Gasteiger partial charge on any atom is 0.265 e. The highest BCUT2D eigenvalue weighted by Gasteiger charge is 2.67. The van der Waals surface area contributed by atoms with Crippen LogP contribution in [0.5, 0.6) is 0 Å². The van der Waals surface area contributed by atoms with Crippen molar-refractivity contribution in [3.05, 3.63) is 41.0 Å². The molecular weight excluding hydrogens is 328 g/mol. The molecule has 2 aliphatic rings. The average molecular weight is 348 g/mol. The van der Waals surface area contributed by atoms with Crippen molar-refractivity contribution in [2.45, 2.75) is 26.7 Å². The van der Waals surface area contributed by atoms with Gasteiger partial charge in [0, 0.05) is 11.1 Å². The van der Waals surface area contributed by atoms with Crippen molar-refractivity contribution in [1.29, 1.82) is 0 Å². The molecule has 0 spiro atoms. The summed E-state index contributed by atoms with van der Waals surface area (Å²) in [6, 6.07) is 6.88. The Labute approximate surface area is 141 Å². The number of ketones is 1. The van der Waals surface area contributed by atoms with Crippen molar-refractivity contribution in [2.75, 3.05) is 5.75 Å². The van der Waals surface area contributed by atoms with Gasteiger partial charge >= 0.3 is 0 Å². The van der Waals surface area contributed by atoms with Crippen LogP contribution < -0.4 is 0 Å². The highest BCUT2D eigenvalue weighted by Crippen LogP contribution is 2.66. The number of rotatable bonds is 4. The van der Waals surface area contributed by atoms with E-state index < -0.39 is 26.7 Å². The Kier molecular flexibility index (Phi) is 3.81. The zero-order chi connectivity index (χ0) is 17.8. The standard InChI is InChI=1S/C18H20O5S/c1-17(2)15-7-8-18(17,11-24(21,22)23)16(20)14(15)9-12-3-5-13(10-19)6-4-12/h3-6,9-10,15H,7-8,11H2,1-2H3,(H,21,22,23)/b14-9+. The highest BCUT2D eigenvalue weighted by molar-refractivity contribution is 7.85. The average Bonchev–Trinajstić information content (AvgIpc) is 2.81. The van der Waals surface area contributed by atoms with E-state index >= 15 is 0 Å². The Morgan fingerprint density at radius 3 is 2.33 bits per heavy atom. The molecule has 6 heteroatoms. The van der Waals surface area contributed by atoms with Crippen LogP contribution >= 0.6 is 0 Å². The molecule has 1 N–H and O–H groups in total. The fraction of sp³-hybridized carbons (Fsp3) is 0.444. The van der Waals surface area contributed by atoms with Gasteiger partial charge < -0.3 is 0 Å². The third kappa shape index (κ3) is 2.45. The first-order chi connectivity index (χ1) is 11.1. The van der Waals surface area contributed by atoms with Crippen molar-refractivity contribution >= 4 is 28.3 Å². The van der Waals surface area contributed by atoms with Crippen molar-refractivity contribution < 1.29 is 22.6 Å². The van der Waals surface area contributed by atoms with Crippen LogP contribution in [-0.4, -0.2) is 30.8 Å². The fourth-order valence-corrected chi connectivity index (χ4v) is 5.71. The number of carbonyl (C=O) groups excluding carboxylic acids is 2. The van der Waals surface area contributed by atoms with Crippen LogP contribution in [0.25, 0.3) is 6.08 Å². The molecule has 0 saturated heterocycles. The van der Waals surface area contributed by atoms with Crippen LogP contribution in [0, 0.1) is 16.7 Å². The number of hydrogen-bond acceptors (Lipinski definition) is 4. The molecule has 1 aromatic rings. The predicted octanol–water partition coefficient (Wildman–Crippen LogP) is 2.78. The number of aldehydes is 1. The van der Waals surface area contributed by atoms with Crippen LogP contribution in [0.15, 0.2) is 29.8 Å². The molecule has 2 fully saturated rings. The molecule has 2 unspecified atom stereocenters. The molecule has 2 aliphatic carbocycles. The van der Waals surface area contributed by atoms with E-state index in [4.69, 9.17) is 0 Å². The molecule has 3 rings (SSSR count). The molecule has 0 aliphatic heterocycles. The number of Topliss-reactive ketones (excluding diaryl/α,β-unsaturated/α-hetero) is 1. The van der Waals surface area contributed by atoms with Gasteiger partial charge in [-0.05, 0) is 35.8 Å².